The van der Waals surface area contributed by atoms with Gasteiger partial charge in [0.25, 0.3) is 0 Å². The van der Waals surface area contributed by atoms with Crippen LogP contribution in [0.15, 0.2) is 39.5 Å². The van der Waals surface area contributed by atoms with E-state index in [2.05, 4.69) is 15.9 Å². The van der Waals surface area contributed by atoms with Crippen LogP contribution in [0, 0.1) is 6.92 Å². The molecule has 1 unspecified atom stereocenters. The zero-order valence-electron chi connectivity index (χ0n) is 8.27. The molecule has 0 radical (unpaired) electrons. The van der Waals surface area contributed by atoms with Crippen molar-refractivity contribution in [3.8, 4) is 0 Å². The second kappa shape index (κ2) is 4.47. The summed E-state index contributed by atoms with van der Waals surface area (Å²) in [6, 6.07) is 9.91. The molecule has 1 aromatic carbocycles. The zero-order valence-corrected chi connectivity index (χ0v) is 10.7. The summed E-state index contributed by atoms with van der Waals surface area (Å²) in [6.45, 7) is 2.04. The molecular formula is C12H11BrOS. The van der Waals surface area contributed by atoms with Crippen LogP contribution < -0.4 is 0 Å². The smallest absolute Gasteiger partial charge is 0.105 e. The zero-order chi connectivity index (χ0) is 10.8. The van der Waals surface area contributed by atoms with Gasteiger partial charge >= 0.3 is 0 Å². The van der Waals surface area contributed by atoms with E-state index in [-0.39, 0.29) is 0 Å². The van der Waals surface area contributed by atoms with Crippen molar-refractivity contribution in [3.63, 3.8) is 0 Å². The Morgan fingerprint density at radius 2 is 1.87 bits per heavy atom. The largest absolute Gasteiger partial charge is 0.384 e. The summed E-state index contributed by atoms with van der Waals surface area (Å²) >= 11 is 4.98. The summed E-state index contributed by atoms with van der Waals surface area (Å²) in [7, 11) is 0. The van der Waals surface area contributed by atoms with E-state index in [1.54, 1.807) is 11.3 Å². The van der Waals surface area contributed by atoms with Crippen LogP contribution in [-0.4, -0.2) is 5.11 Å². The number of halogens is 1. The maximum atomic E-state index is 10.1. The first-order chi connectivity index (χ1) is 7.16. The standard InChI is InChI=1S/C12H11BrOS/c1-8-2-4-9(5-3-8)12(14)10-6-11(13)15-7-10/h2-7,12,14H,1H3. The summed E-state index contributed by atoms with van der Waals surface area (Å²) in [5, 5.41) is 12.0. The fourth-order valence-electron chi connectivity index (χ4n) is 1.41. The first-order valence-electron chi connectivity index (χ1n) is 4.65. The molecule has 0 amide bonds. The molecule has 0 aliphatic heterocycles. The lowest BCUT2D eigenvalue weighted by Gasteiger charge is -2.09. The maximum Gasteiger partial charge on any atom is 0.105 e. The van der Waals surface area contributed by atoms with E-state index >= 15 is 0 Å². The highest BCUT2D eigenvalue weighted by Gasteiger charge is 2.11. The van der Waals surface area contributed by atoms with Gasteiger partial charge in [-0.1, -0.05) is 29.8 Å². The Hall–Kier alpha value is -0.640. The van der Waals surface area contributed by atoms with Crippen molar-refractivity contribution in [2.45, 2.75) is 13.0 Å². The number of aliphatic hydroxyl groups excluding tert-OH is 1. The quantitative estimate of drug-likeness (QED) is 0.886. The molecule has 2 rings (SSSR count). The maximum absolute atomic E-state index is 10.1. The van der Waals surface area contributed by atoms with E-state index in [1.807, 2.05) is 42.6 Å². The molecule has 0 fully saturated rings. The van der Waals surface area contributed by atoms with Gasteiger partial charge in [-0.25, -0.2) is 0 Å². The van der Waals surface area contributed by atoms with Gasteiger partial charge in [-0.3, -0.25) is 0 Å². The molecule has 2 aromatic rings. The van der Waals surface area contributed by atoms with Gasteiger partial charge in [0.15, 0.2) is 0 Å². The first-order valence-corrected chi connectivity index (χ1v) is 6.32. The molecule has 0 aliphatic rings. The topological polar surface area (TPSA) is 20.2 Å². The van der Waals surface area contributed by atoms with E-state index < -0.39 is 6.10 Å². The highest BCUT2D eigenvalue weighted by Crippen LogP contribution is 2.29. The lowest BCUT2D eigenvalue weighted by Crippen LogP contribution is -1.97. The minimum Gasteiger partial charge on any atom is -0.384 e. The number of thiophene rings is 1. The highest BCUT2D eigenvalue weighted by molar-refractivity contribution is 9.11. The summed E-state index contributed by atoms with van der Waals surface area (Å²) in [5.41, 5.74) is 3.08. The Labute approximate surface area is 102 Å². The van der Waals surface area contributed by atoms with Crippen molar-refractivity contribution in [3.05, 3.63) is 56.2 Å². The normalized spacial score (nSPS) is 12.7. The van der Waals surface area contributed by atoms with Crippen molar-refractivity contribution >= 4 is 27.3 Å². The van der Waals surface area contributed by atoms with Gasteiger partial charge in [-0.2, -0.15) is 0 Å². The Morgan fingerprint density at radius 1 is 1.20 bits per heavy atom. The summed E-state index contributed by atoms with van der Waals surface area (Å²) in [5.74, 6) is 0. The average Bonchev–Trinajstić information content (AvgIpc) is 2.65. The predicted octanol–water partition coefficient (Wildman–Crippen LogP) is 3.90. The molecule has 0 spiro atoms. The van der Waals surface area contributed by atoms with Gasteiger partial charge in [0.05, 0.1) is 3.79 Å². The molecule has 15 heavy (non-hydrogen) atoms. The number of hydrogen-bond acceptors (Lipinski definition) is 2. The van der Waals surface area contributed by atoms with Crippen LogP contribution >= 0.6 is 27.3 Å². The van der Waals surface area contributed by atoms with Gasteiger partial charge in [0.2, 0.25) is 0 Å². The van der Waals surface area contributed by atoms with Gasteiger partial charge in [-0.05, 0) is 45.4 Å². The van der Waals surface area contributed by atoms with Crippen molar-refractivity contribution in [2.24, 2.45) is 0 Å². The van der Waals surface area contributed by atoms with Crippen molar-refractivity contribution in [1.82, 2.24) is 0 Å². The summed E-state index contributed by atoms with van der Waals surface area (Å²) in [6.07, 6.45) is -0.520. The van der Waals surface area contributed by atoms with E-state index in [0.717, 1.165) is 14.9 Å². The molecule has 0 saturated heterocycles. The monoisotopic (exact) mass is 282 g/mol. The second-order valence-corrected chi connectivity index (χ2v) is 5.79. The number of hydrogen-bond donors (Lipinski definition) is 1. The average molecular weight is 283 g/mol. The fourth-order valence-corrected chi connectivity index (χ4v) is 2.60. The number of aryl methyl sites for hydroxylation is 1. The van der Waals surface area contributed by atoms with Crippen molar-refractivity contribution in [1.29, 1.82) is 0 Å². The Morgan fingerprint density at radius 3 is 2.40 bits per heavy atom. The molecule has 78 valence electrons. The van der Waals surface area contributed by atoms with Crippen LogP contribution in [0.4, 0.5) is 0 Å². The van der Waals surface area contributed by atoms with Crippen LogP contribution in [-0.2, 0) is 0 Å². The third kappa shape index (κ3) is 2.48. The summed E-state index contributed by atoms with van der Waals surface area (Å²) < 4.78 is 1.05. The number of benzene rings is 1. The molecule has 0 bridgehead atoms. The number of aliphatic hydroxyl groups is 1. The van der Waals surface area contributed by atoms with Gasteiger partial charge < -0.3 is 5.11 Å². The Balaban J connectivity index is 2.28. The van der Waals surface area contributed by atoms with Crippen LogP contribution in [0.3, 0.4) is 0 Å². The third-order valence-corrected chi connectivity index (χ3v) is 3.82. The molecule has 1 nitrogen and oxygen atoms in total. The molecule has 1 atom stereocenters. The van der Waals surface area contributed by atoms with E-state index in [1.165, 1.54) is 5.56 Å². The lowest BCUT2D eigenvalue weighted by atomic mass is 10.0. The minimum absolute atomic E-state index is 0.520. The molecule has 1 N–H and O–H groups in total. The summed E-state index contributed by atoms with van der Waals surface area (Å²) in [4.78, 5) is 0. The van der Waals surface area contributed by atoms with E-state index in [9.17, 15) is 5.11 Å². The van der Waals surface area contributed by atoms with Crippen molar-refractivity contribution in [2.75, 3.05) is 0 Å². The van der Waals surface area contributed by atoms with E-state index in [4.69, 9.17) is 0 Å². The van der Waals surface area contributed by atoms with E-state index in [0.29, 0.717) is 0 Å². The van der Waals surface area contributed by atoms with Gasteiger partial charge in [-0.15, -0.1) is 11.3 Å². The molecular weight excluding hydrogens is 272 g/mol. The van der Waals surface area contributed by atoms with Crippen LogP contribution in [0.5, 0.6) is 0 Å². The number of rotatable bonds is 2. The molecule has 0 saturated carbocycles. The molecule has 1 heterocycles. The Kier molecular flexibility index (Phi) is 3.24. The van der Waals surface area contributed by atoms with Crippen LogP contribution in [0.1, 0.15) is 22.8 Å². The van der Waals surface area contributed by atoms with Gasteiger partial charge in [0.1, 0.15) is 6.10 Å². The predicted molar refractivity (Wildman–Crippen MR) is 67.3 cm³/mol. The Bertz CT molecular complexity index is 447. The molecule has 3 heteroatoms. The fraction of sp³-hybridized carbons (Fsp3) is 0.167. The SMILES string of the molecule is Cc1ccc(C(O)c2csc(Br)c2)cc1. The lowest BCUT2D eigenvalue weighted by molar-refractivity contribution is 0.221. The third-order valence-electron chi connectivity index (χ3n) is 2.30. The first kappa shape index (κ1) is 10.9. The van der Waals surface area contributed by atoms with Crippen LogP contribution in [0.2, 0.25) is 0 Å². The van der Waals surface area contributed by atoms with Gasteiger partial charge in [0, 0.05) is 0 Å². The molecule has 1 aromatic heterocycles. The minimum atomic E-state index is -0.520. The molecule has 0 aliphatic carbocycles. The highest BCUT2D eigenvalue weighted by atomic mass is 79.9. The second-order valence-electron chi connectivity index (χ2n) is 3.50. The van der Waals surface area contributed by atoms with Crippen molar-refractivity contribution < 1.29 is 5.11 Å². The van der Waals surface area contributed by atoms with Crippen LogP contribution in [0.25, 0.3) is 0 Å².